The number of para-hydroxylation sites is 2. The first kappa shape index (κ1) is 26.2. The summed E-state index contributed by atoms with van der Waals surface area (Å²) >= 11 is 0. The van der Waals surface area contributed by atoms with Gasteiger partial charge in [-0.1, -0.05) is 48.5 Å². The molecule has 3 aromatic carbocycles. The lowest BCUT2D eigenvalue weighted by molar-refractivity contribution is 0.0951. The maximum absolute atomic E-state index is 13.3. The Balaban J connectivity index is 1.64. The van der Waals surface area contributed by atoms with E-state index in [1.165, 1.54) is 36.2 Å². The van der Waals surface area contributed by atoms with E-state index in [1.54, 1.807) is 37.3 Å². The van der Waals surface area contributed by atoms with Crippen molar-refractivity contribution in [2.75, 3.05) is 38.6 Å². The van der Waals surface area contributed by atoms with Crippen LogP contribution in [0.25, 0.3) is 0 Å². The van der Waals surface area contributed by atoms with Crippen LogP contribution in [0.2, 0.25) is 0 Å². The van der Waals surface area contributed by atoms with Crippen LogP contribution in [0.15, 0.2) is 77.7 Å². The van der Waals surface area contributed by atoms with Gasteiger partial charge in [0.15, 0.2) is 0 Å². The summed E-state index contributed by atoms with van der Waals surface area (Å²) in [6.45, 7) is 3.96. The van der Waals surface area contributed by atoms with Crippen LogP contribution in [0.3, 0.4) is 0 Å². The van der Waals surface area contributed by atoms with Gasteiger partial charge in [0, 0.05) is 25.7 Å². The summed E-state index contributed by atoms with van der Waals surface area (Å²) in [4.78, 5) is 15.1. The summed E-state index contributed by atoms with van der Waals surface area (Å²) in [5.41, 5.74) is 2.71. The first-order valence-electron chi connectivity index (χ1n) is 11.5. The fraction of sp³-hybridized carbons (Fsp3) is 0.296. The van der Waals surface area contributed by atoms with Gasteiger partial charge in [-0.2, -0.15) is 0 Å². The average Bonchev–Trinajstić information content (AvgIpc) is 2.86. The van der Waals surface area contributed by atoms with E-state index >= 15 is 0 Å². The summed E-state index contributed by atoms with van der Waals surface area (Å²) in [5, 5.41) is 2.92. The van der Waals surface area contributed by atoms with Gasteiger partial charge in [0.25, 0.3) is 15.9 Å². The van der Waals surface area contributed by atoms with E-state index < -0.39 is 10.0 Å². The Labute approximate surface area is 208 Å². The van der Waals surface area contributed by atoms with Gasteiger partial charge >= 0.3 is 0 Å². The Morgan fingerprint density at radius 2 is 1.66 bits per heavy atom. The SMILES string of the molecule is COc1ccccc1N(C)S(=O)(=O)c1ccc(C)c(C(=O)NCCCN(C)Cc2ccccc2)c1. The van der Waals surface area contributed by atoms with E-state index in [0.29, 0.717) is 29.1 Å². The predicted molar refractivity (Wildman–Crippen MR) is 139 cm³/mol. The van der Waals surface area contributed by atoms with Crippen molar-refractivity contribution in [1.29, 1.82) is 0 Å². The number of methoxy groups -OCH3 is 1. The minimum absolute atomic E-state index is 0.0456. The van der Waals surface area contributed by atoms with Gasteiger partial charge in [-0.15, -0.1) is 0 Å². The number of sulfonamides is 1. The quantitative estimate of drug-likeness (QED) is 0.406. The molecule has 0 aliphatic carbocycles. The van der Waals surface area contributed by atoms with E-state index in [1.807, 2.05) is 25.2 Å². The molecule has 0 fully saturated rings. The molecule has 35 heavy (non-hydrogen) atoms. The molecule has 7 nitrogen and oxygen atoms in total. The summed E-state index contributed by atoms with van der Waals surface area (Å²) in [7, 11) is 1.11. The molecule has 186 valence electrons. The molecule has 0 aliphatic rings. The molecule has 3 aromatic rings. The Bertz CT molecular complexity index is 1250. The molecule has 0 atom stereocenters. The predicted octanol–water partition coefficient (Wildman–Crippen LogP) is 4.08. The number of carbonyl (C=O) groups is 1. The molecular weight excluding hydrogens is 462 g/mol. The maximum atomic E-state index is 13.3. The van der Waals surface area contributed by atoms with Crippen molar-refractivity contribution in [2.24, 2.45) is 0 Å². The van der Waals surface area contributed by atoms with Crippen LogP contribution >= 0.6 is 0 Å². The Kier molecular flexibility index (Phi) is 8.89. The average molecular weight is 496 g/mol. The third-order valence-corrected chi connectivity index (χ3v) is 7.60. The number of aryl methyl sites for hydroxylation is 1. The Hall–Kier alpha value is -3.36. The number of amides is 1. The molecule has 0 saturated carbocycles. The number of carbonyl (C=O) groups excluding carboxylic acids is 1. The van der Waals surface area contributed by atoms with Crippen LogP contribution < -0.4 is 14.4 Å². The van der Waals surface area contributed by atoms with Crippen LogP contribution in [0, 0.1) is 6.92 Å². The number of hydrogen-bond acceptors (Lipinski definition) is 5. The molecule has 0 radical (unpaired) electrons. The largest absolute Gasteiger partial charge is 0.495 e. The molecule has 1 N–H and O–H groups in total. The molecule has 0 heterocycles. The summed E-state index contributed by atoms with van der Waals surface area (Å²) in [6.07, 6.45) is 0.780. The number of benzene rings is 3. The third-order valence-electron chi connectivity index (χ3n) is 5.83. The number of nitrogens with one attached hydrogen (secondary N) is 1. The second kappa shape index (κ2) is 11.9. The van der Waals surface area contributed by atoms with Crippen LogP contribution in [-0.2, 0) is 16.6 Å². The lowest BCUT2D eigenvalue weighted by Gasteiger charge is -2.22. The topological polar surface area (TPSA) is 78.9 Å². The standard InChI is InChI=1S/C27H33N3O4S/c1-21-15-16-23(35(32,33)30(3)25-13-8-9-14-26(25)34-4)19-24(21)27(31)28-17-10-18-29(2)20-22-11-6-5-7-12-22/h5-9,11-16,19H,10,17-18,20H2,1-4H3,(H,28,31). The molecule has 0 spiro atoms. The lowest BCUT2D eigenvalue weighted by atomic mass is 10.1. The normalized spacial score (nSPS) is 11.3. The molecule has 0 bridgehead atoms. The van der Waals surface area contributed by atoms with Gasteiger partial charge in [-0.3, -0.25) is 9.10 Å². The van der Waals surface area contributed by atoms with Gasteiger partial charge in [0.2, 0.25) is 0 Å². The lowest BCUT2D eigenvalue weighted by Crippen LogP contribution is -2.30. The molecular formula is C27H33N3O4S. The highest BCUT2D eigenvalue weighted by Gasteiger charge is 2.25. The highest BCUT2D eigenvalue weighted by Crippen LogP contribution is 2.31. The van der Waals surface area contributed by atoms with E-state index in [0.717, 1.165) is 19.5 Å². The highest BCUT2D eigenvalue weighted by atomic mass is 32.2. The van der Waals surface area contributed by atoms with Gasteiger partial charge in [0.05, 0.1) is 17.7 Å². The number of hydrogen-bond donors (Lipinski definition) is 1. The minimum Gasteiger partial charge on any atom is -0.495 e. The third kappa shape index (κ3) is 6.61. The minimum atomic E-state index is -3.90. The molecule has 0 unspecified atom stereocenters. The van der Waals surface area contributed by atoms with Crippen molar-refractivity contribution < 1.29 is 17.9 Å². The van der Waals surface area contributed by atoms with E-state index in [9.17, 15) is 13.2 Å². The number of anilines is 1. The number of rotatable bonds is 11. The van der Waals surface area contributed by atoms with Crippen LogP contribution in [-0.4, -0.2) is 53.5 Å². The van der Waals surface area contributed by atoms with E-state index in [2.05, 4.69) is 22.3 Å². The van der Waals surface area contributed by atoms with Crippen LogP contribution in [0.5, 0.6) is 5.75 Å². The first-order valence-corrected chi connectivity index (χ1v) is 12.9. The second-order valence-corrected chi connectivity index (χ2v) is 10.4. The number of ether oxygens (including phenoxy) is 1. The molecule has 1 amide bonds. The van der Waals surface area contributed by atoms with E-state index in [4.69, 9.17) is 4.74 Å². The zero-order chi connectivity index (χ0) is 25.4. The van der Waals surface area contributed by atoms with Crippen molar-refractivity contribution in [3.63, 3.8) is 0 Å². The van der Waals surface area contributed by atoms with E-state index in [-0.39, 0.29) is 10.8 Å². The zero-order valence-corrected chi connectivity index (χ0v) is 21.5. The van der Waals surface area contributed by atoms with Crippen LogP contribution in [0.1, 0.15) is 27.9 Å². The van der Waals surface area contributed by atoms with Gasteiger partial charge in [-0.25, -0.2) is 8.42 Å². The molecule has 0 saturated heterocycles. The van der Waals surface area contributed by atoms with Crippen molar-refractivity contribution in [3.8, 4) is 5.75 Å². The molecule has 0 aromatic heterocycles. The summed E-state index contributed by atoms with van der Waals surface area (Å²) in [6, 6.07) is 21.7. The summed E-state index contributed by atoms with van der Waals surface area (Å²) < 4.78 is 33.1. The number of nitrogens with zero attached hydrogens (tertiary/aromatic N) is 2. The smallest absolute Gasteiger partial charge is 0.264 e. The van der Waals surface area contributed by atoms with Crippen molar-refractivity contribution in [3.05, 3.63) is 89.5 Å². The fourth-order valence-corrected chi connectivity index (χ4v) is 5.04. The molecule has 0 aliphatic heterocycles. The van der Waals surface area contributed by atoms with Crippen molar-refractivity contribution >= 4 is 21.6 Å². The van der Waals surface area contributed by atoms with Crippen LogP contribution in [0.4, 0.5) is 5.69 Å². The Morgan fingerprint density at radius 1 is 0.971 bits per heavy atom. The van der Waals surface area contributed by atoms with Gasteiger partial charge in [-0.05, 0) is 62.3 Å². The first-order chi connectivity index (χ1) is 16.7. The summed E-state index contributed by atoms with van der Waals surface area (Å²) in [5.74, 6) is 0.158. The molecule has 8 heteroatoms. The monoisotopic (exact) mass is 495 g/mol. The van der Waals surface area contributed by atoms with Crippen molar-refractivity contribution in [2.45, 2.75) is 24.8 Å². The van der Waals surface area contributed by atoms with Gasteiger partial charge < -0.3 is 15.0 Å². The highest BCUT2D eigenvalue weighted by molar-refractivity contribution is 7.92. The second-order valence-electron chi connectivity index (χ2n) is 8.45. The van der Waals surface area contributed by atoms with Gasteiger partial charge in [0.1, 0.15) is 5.75 Å². The Morgan fingerprint density at radius 3 is 2.37 bits per heavy atom. The maximum Gasteiger partial charge on any atom is 0.264 e. The molecule has 3 rings (SSSR count). The fourth-order valence-electron chi connectivity index (χ4n) is 3.80. The van der Waals surface area contributed by atoms with Crippen molar-refractivity contribution in [1.82, 2.24) is 10.2 Å². The zero-order valence-electron chi connectivity index (χ0n) is 20.7.